The van der Waals surface area contributed by atoms with Gasteiger partial charge in [-0.05, 0) is 103 Å². The maximum Gasteiger partial charge on any atom is 0.0640 e. The second-order valence-electron chi connectivity index (χ2n) is 16.1. The number of nitrogens with zero attached hydrogens (tertiary/aromatic N) is 1. The standard InChI is InChI=1S/C57H41NS/c1-57(2)52-37-44(31-34-47(52)49-26-15-25-46(55(49)57)40-21-11-5-12-22-40)58(43-30-33-45(39-19-9-4-10-20-39)51(36-43)41-23-13-6-14-24-41)53-28-16-27-50-48-32-29-42(35-54(48)59-56(50)53)38-17-7-3-8-18-38/h3-37H,1-2H3. The molecule has 0 amide bonds. The van der Waals surface area contributed by atoms with Crippen LogP contribution in [0, 0.1) is 0 Å². The Morgan fingerprint density at radius 3 is 1.61 bits per heavy atom. The molecule has 59 heavy (non-hydrogen) atoms. The molecule has 0 spiro atoms. The van der Waals surface area contributed by atoms with Gasteiger partial charge in [0.25, 0.3) is 0 Å². The second-order valence-corrected chi connectivity index (χ2v) is 17.1. The fraction of sp³-hybridized carbons (Fsp3) is 0.0526. The minimum absolute atomic E-state index is 0.220. The molecule has 0 bridgehead atoms. The van der Waals surface area contributed by atoms with Crippen molar-refractivity contribution in [3.63, 3.8) is 0 Å². The van der Waals surface area contributed by atoms with Crippen LogP contribution < -0.4 is 4.90 Å². The van der Waals surface area contributed by atoms with Gasteiger partial charge in [0.2, 0.25) is 0 Å². The van der Waals surface area contributed by atoms with Crippen molar-refractivity contribution in [3.8, 4) is 55.6 Å². The van der Waals surface area contributed by atoms with Gasteiger partial charge >= 0.3 is 0 Å². The third-order valence-electron chi connectivity index (χ3n) is 12.3. The number of anilines is 3. The predicted molar refractivity (Wildman–Crippen MR) is 253 cm³/mol. The summed E-state index contributed by atoms with van der Waals surface area (Å²) in [6.45, 7) is 4.80. The van der Waals surface area contributed by atoms with E-state index in [4.69, 9.17) is 0 Å². The van der Waals surface area contributed by atoms with Gasteiger partial charge in [0, 0.05) is 32.3 Å². The van der Waals surface area contributed by atoms with Crippen LogP contribution in [0.15, 0.2) is 212 Å². The Labute approximate surface area is 350 Å². The van der Waals surface area contributed by atoms with Crippen LogP contribution in [0.3, 0.4) is 0 Å². The summed E-state index contributed by atoms with van der Waals surface area (Å²) in [6.07, 6.45) is 0. The minimum Gasteiger partial charge on any atom is -0.309 e. The molecule has 1 aromatic heterocycles. The first kappa shape index (κ1) is 35.2. The lowest BCUT2D eigenvalue weighted by Gasteiger charge is -2.29. The molecule has 0 aliphatic heterocycles. The van der Waals surface area contributed by atoms with Crippen molar-refractivity contribution in [1.82, 2.24) is 0 Å². The Bertz CT molecular complexity index is 3160. The molecule has 1 aliphatic carbocycles. The Morgan fingerprint density at radius 2 is 0.932 bits per heavy atom. The van der Waals surface area contributed by atoms with Crippen LogP contribution in [0.1, 0.15) is 25.0 Å². The lowest BCUT2D eigenvalue weighted by Crippen LogP contribution is -2.17. The van der Waals surface area contributed by atoms with Crippen molar-refractivity contribution < 1.29 is 0 Å². The molecule has 9 aromatic carbocycles. The Hall–Kier alpha value is -7.00. The molecule has 11 rings (SSSR count). The van der Waals surface area contributed by atoms with Crippen LogP contribution in [-0.4, -0.2) is 0 Å². The summed E-state index contributed by atoms with van der Waals surface area (Å²) in [5.74, 6) is 0. The summed E-state index contributed by atoms with van der Waals surface area (Å²) < 4.78 is 2.56. The molecular formula is C57H41NS. The van der Waals surface area contributed by atoms with Crippen LogP contribution in [0.2, 0.25) is 0 Å². The Balaban J connectivity index is 1.14. The fourth-order valence-corrected chi connectivity index (χ4v) is 10.7. The fourth-order valence-electron chi connectivity index (χ4n) is 9.46. The largest absolute Gasteiger partial charge is 0.309 e. The van der Waals surface area contributed by atoms with Crippen molar-refractivity contribution >= 4 is 48.6 Å². The van der Waals surface area contributed by atoms with Gasteiger partial charge in [-0.2, -0.15) is 0 Å². The molecule has 0 atom stereocenters. The monoisotopic (exact) mass is 771 g/mol. The van der Waals surface area contributed by atoms with E-state index in [0.717, 1.165) is 11.4 Å². The molecule has 1 heterocycles. The Kier molecular flexibility index (Phi) is 8.43. The summed E-state index contributed by atoms with van der Waals surface area (Å²) >= 11 is 1.89. The van der Waals surface area contributed by atoms with Gasteiger partial charge in [0.15, 0.2) is 0 Å². The average Bonchev–Trinajstić information content (AvgIpc) is 3.79. The number of thiophene rings is 1. The summed E-state index contributed by atoms with van der Waals surface area (Å²) in [4.78, 5) is 2.51. The molecule has 2 heteroatoms. The Morgan fingerprint density at radius 1 is 0.373 bits per heavy atom. The van der Waals surface area contributed by atoms with Crippen LogP contribution >= 0.6 is 11.3 Å². The van der Waals surface area contributed by atoms with Gasteiger partial charge in [0.1, 0.15) is 0 Å². The van der Waals surface area contributed by atoms with E-state index in [2.05, 4.69) is 231 Å². The smallest absolute Gasteiger partial charge is 0.0640 e. The van der Waals surface area contributed by atoms with E-state index in [1.807, 2.05) is 11.3 Å². The number of benzene rings is 9. The van der Waals surface area contributed by atoms with Gasteiger partial charge in [-0.1, -0.05) is 190 Å². The molecule has 0 unspecified atom stereocenters. The first-order valence-corrected chi connectivity index (χ1v) is 21.2. The maximum absolute atomic E-state index is 2.51. The summed E-state index contributed by atoms with van der Waals surface area (Å²) in [7, 11) is 0. The highest BCUT2D eigenvalue weighted by Gasteiger charge is 2.38. The lowest BCUT2D eigenvalue weighted by molar-refractivity contribution is 0.662. The van der Waals surface area contributed by atoms with Gasteiger partial charge in [-0.15, -0.1) is 11.3 Å². The molecule has 1 aliphatic rings. The van der Waals surface area contributed by atoms with Crippen LogP contribution in [0.4, 0.5) is 17.1 Å². The molecule has 0 radical (unpaired) electrons. The zero-order chi connectivity index (χ0) is 39.5. The molecule has 10 aromatic rings. The van der Waals surface area contributed by atoms with Crippen molar-refractivity contribution in [2.24, 2.45) is 0 Å². The SMILES string of the molecule is CC1(C)c2cc(N(c3ccc(-c4ccccc4)c(-c4ccccc4)c3)c3cccc4c3sc3cc(-c5ccccc5)ccc34)ccc2-c2cccc(-c3ccccc3)c21. The summed E-state index contributed by atoms with van der Waals surface area (Å²) in [6, 6.07) is 78.0. The normalized spacial score (nSPS) is 12.7. The molecule has 0 fully saturated rings. The molecule has 0 saturated carbocycles. The van der Waals surface area contributed by atoms with Crippen molar-refractivity contribution in [2.45, 2.75) is 19.3 Å². The van der Waals surface area contributed by atoms with Crippen molar-refractivity contribution in [2.75, 3.05) is 4.90 Å². The van der Waals surface area contributed by atoms with E-state index < -0.39 is 0 Å². The zero-order valence-electron chi connectivity index (χ0n) is 33.1. The first-order valence-electron chi connectivity index (χ1n) is 20.4. The van der Waals surface area contributed by atoms with E-state index in [1.165, 1.54) is 92.6 Å². The van der Waals surface area contributed by atoms with E-state index in [9.17, 15) is 0 Å². The van der Waals surface area contributed by atoms with Gasteiger partial charge in [-0.25, -0.2) is 0 Å². The van der Waals surface area contributed by atoms with E-state index in [0.29, 0.717) is 0 Å². The highest BCUT2D eigenvalue weighted by atomic mass is 32.1. The minimum atomic E-state index is -0.220. The highest BCUT2D eigenvalue weighted by Crippen LogP contribution is 2.54. The molecule has 0 N–H and O–H groups in total. The molecule has 280 valence electrons. The average molecular weight is 772 g/mol. The third-order valence-corrected chi connectivity index (χ3v) is 13.4. The molecular weight excluding hydrogens is 731 g/mol. The number of fused-ring (bicyclic) bond motifs is 6. The van der Waals surface area contributed by atoms with E-state index in [1.54, 1.807) is 0 Å². The molecule has 1 nitrogen and oxygen atoms in total. The quantitative estimate of drug-likeness (QED) is 0.156. The lowest BCUT2D eigenvalue weighted by atomic mass is 9.78. The summed E-state index contributed by atoms with van der Waals surface area (Å²) in [5, 5.41) is 2.56. The topological polar surface area (TPSA) is 3.24 Å². The number of rotatable bonds is 7. The van der Waals surface area contributed by atoms with E-state index >= 15 is 0 Å². The van der Waals surface area contributed by atoms with Crippen molar-refractivity contribution in [1.29, 1.82) is 0 Å². The van der Waals surface area contributed by atoms with Gasteiger partial charge in [0.05, 0.1) is 10.4 Å². The van der Waals surface area contributed by atoms with Crippen LogP contribution in [-0.2, 0) is 5.41 Å². The third kappa shape index (κ3) is 5.91. The van der Waals surface area contributed by atoms with Crippen molar-refractivity contribution in [3.05, 3.63) is 223 Å². The van der Waals surface area contributed by atoms with E-state index in [-0.39, 0.29) is 5.41 Å². The zero-order valence-corrected chi connectivity index (χ0v) is 33.9. The summed E-state index contributed by atoms with van der Waals surface area (Å²) in [5.41, 5.74) is 18.4. The molecule has 0 saturated heterocycles. The second kappa shape index (κ2) is 14.1. The maximum atomic E-state index is 2.51. The van der Waals surface area contributed by atoms with Gasteiger partial charge < -0.3 is 4.90 Å². The van der Waals surface area contributed by atoms with Crippen LogP contribution in [0.5, 0.6) is 0 Å². The predicted octanol–water partition coefficient (Wildman–Crippen LogP) is 16.5. The number of hydrogen-bond acceptors (Lipinski definition) is 2. The van der Waals surface area contributed by atoms with Gasteiger partial charge in [-0.3, -0.25) is 0 Å². The van der Waals surface area contributed by atoms with Crippen LogP contribution in [0.25, 0.3) is 75.8 Å². The highest BCUT2D eigenvalue weighted by molar-refractivity contribution is 7.26. The first-order chi connectivity index (χ1) is 29.0. The number of hydrogen-bond donors (Lipinski definition) is 0.